The zero-order valence-corrected chi connectivity index (χ0v) is 17.9. The Morgan fingerprint density at radius 2 is 1.63 bits per heavy atom. The third kappa shape index (κ3) is 6.68. The van der Waals surface area contributed by atoms with E-state index in [4.69, 9.17) is 11.5 Å². The molecule has 170 valence electrons. The van der Waals surface area contributed by atoms with Crippen LogP contribution in [-0.2, 0) is 24.0 Å². The fourth-order valence-corrected chi connectivity index (χ4v) is 3.24. The Hall–Kier alpha value is -2.69. The maximum absolute atomic E-state index is 12.9. The van der Waals surface area contributed by atoms with Crippen molar-refractivity contribution < 1.29 is 29.1 Å². The minimum atomic E-state index is -1.33. The Kier molecular flexibility index (Phi) is 9.22. The van der Waals surface area contributed by atoms with Gasteiger partial charge in [0.2, 0.25) is 23.6 Å². The van der Waals surface area contributed by atoms with Gasteiger partial charge in [-0.05, 0) is 24.7 Å². The molecule has 4 atom stereocenters. The fourth-order valence-electron chi connectivity index (χ4n) is 3.24. The number of aliphatic carboxylic acids is 1. The second kappa shape index (κ2) is 10.9. The van der Waals surface area contributed by atoms with Gasteiger partial charge in [-0.3, -0.25) is 19.2 Å². The molecule has 7 N–H and O–H groups in total. The van der Waals surface area contributed by atoms with Gasteiger partial charge in [-0.15, -0.1) is 0 Å². The number of hydrogen-bond acceptors (Lipinski definition) is 6. The summed E-state index contributed by atoms with van der Waals surface area (Å²) >= 11 is 0. The van der Waals surface area contributed by atoms with Gasteiger partial charge in [0.25, 0.3) is 0 Å². The van der Waals surface area contributed by atoms with E-state index in [0.717, 1.165) is 4.90 Å². The van der Waals surface area contributed by atoms with Gasteiger partial charge in [-0.2, -0.15) is 0 Å². The van der Waals surface area contributed by atoms with Crippen LogP contribution in [0.5, 0.6) is 0 Å². The fraction of sp³-hybridized carbons (Fsp3) is 0.737. The highest BCUT2D eigenvalue weighted by Gasteiger charge is 2.39. The first-order valence-electron chi connectivity index (χ1n) is 10.0. The van der Waals surface area contributed by atoms with Crippen molar-refractivity contribution in [2.45, 2.75) is 71.1 Å². The molecule has 1 saturated heterocycles. The molecule has 4 amide bonds. The molecule has 0 bridgehead atoms. The van der Waals surface area contributed by atoms with Gasteiger partial charge in [-0.1, -0.05) is 27.7 Å². The van der Waals surface area contributed by atoms with Crippen LogP contribution in [0.1, 0.15) is 47.0 Å². The van der Waals surface area contributed by atoms with Crippen LogP contribution in [-0.4, -0.2) is 70.3 Å². The Labute approximate surface area is 175 Å². The van der Waals surface area contributed by atoms with E-state index >= 15 is 0 Å². The third-order valence-electron chi connectivity index (χ3n) is 5.11. The van der Waals surface area contributed by atoms with E-state index in [1.165, 1.54) is 0 Å². The second-order valence-electron chi connectivity index (χ2n) is 8.26. The lowest BCUT2D eigenvalue weighted by Crippen LogP contribution is -2.59. The number of nitrogens with one attached hydrogen (secondary N) is 2. The standard InChI is InChI=1S/C19H33N5O6/c1-9(2)14(21)16(26)23-15(10(3)4)17(27)22-11(8-13(20)25)18(28)24-7-5-6-12(24)19(29)30/h9-12,14-15H,5-8,21H2,1-4H3,(H2,20,25)(H,22,27)(H,23,26)(H,29,30). The van der Waals surface area contributed by atoms with Crippen LogP contribution < -0.4 is 22.1 Å². The zero-order valence-electron chi connectivity index (χ0n) is 17.9. The van der Waals surface area contributed by atoms with Gasteiger partial charge in [0, 0.05) is 6.54 Å². The molecule has 30 heavy (non-hydrogen) atoms. The monoisotopic (exact) mass is 427 g/mol. The highest BCUT2D eigenvalue weighted by atomic mass is 16.4. The van der Waals surface area contributed by atoms with E-state index in [9.17, 15) is 29.1 Å². The molecular formula is C19H33N5O6. The van der Waals surface area contributed by atoms with Crippen molar-refractivity contribution in [3.05, 3.63) is 0 Å². The Morgan fingerprint density at radius 3 is 2.10 bits per heavy atom. The minimum Gasteiger partial charge on any atom is -0.480 e. The molecule has 4 unspecified atom stereocenters. The summed E-state index contributed by atoms with van der Waals surface area (Å²) in [5.74, 6) is -4.35. The predicted octanol–water partition coefficient (Wildman–Crippen LogP) is -1.45. The van der Waals surface area contributed by atoms with Crippen molar-refractivity contribution in [3.8, 4) is 0 Å². The van der Waals surface area contributed by atoms with Crippen LogP contribution >= 0.6 is 0 Å². The number of likely N-dealkylation sites (tertiary alicyclic amines) is 1. The highest BCUT2D eigenvalue weighted by Crippen LogP contribution is 2.19. The Bertz CT molecular complexity index is 680. The summed E-state index contributed by atoms with van der Waals surface area (Å²) in [6.45, 7) is 7.15. The molecule has 0 aromatic rings. The number of carboxylic acid groups (broad SMARTS) is 1. The van der Waals surface area contributed by atoms with Gasteiger partial charge in [0.15, 0.2) is 0 Å². The summed E-state index contributed by atoms with van der Waals surface area (Å²) in [7, 11) is 0. The summed E-state index contributed by atoms with van der Waals surface area (Å²) in [6.07, 6.45) is 0.297. The highest BCUT2D eigenvalue weighted by molar-refractivity contribution is 5.96. The van der Waals surface area contributed by atoms with Gasteiger partial charge < -0.3 is 32.1 Å². The molecule has 11 heteroatoms. The molecule has 11 nitrogen and oxygen atoms in total. The first-order chi connectivity index (χ1) is 13.9. The molecule has 1 aliphatic heterocycles. The molecule has 0 aromatic heterocycles. The lowest BCUT2D eigenvalue weighted by atomic mass is 9.99. The van der Waals surface area contributed by atoms with E-state index in [-0.39, 0.29) is 24.8 Å². The van der Waals surface area contributed by atoms with Crippen molar-refractivity contribution in [2.75, 3.05) is 6.54 Å². The van der Waals surface area contributed by atoms with Gasteiger partial charge in [-0.25, -0.2) is 4.79 Å². The molecule has 1 heterocycles. The van der Waals surface area contributed by atoms with E-state index in [1.807, 2.05) is 0 Å². The predicted molar refractivity (Wildman–Crippen MR) is 108 cm³/mol. The summed E-state index contributed by atoms with van der Waals surface area (Å²) < 4.78 is 0. The summed E-state index contributed by atoms with van der Waals surface area (Å²) in [5.41, 5.74) is 11.1. The number of amides is 4. The molecule has 1 aliphatic rings. The topological polar surface area (TPSA) is 185 Å². The number of hydrogen-bond donors (Lipinski definition) is 5. The van der Waals surface area contributed by atoms with Crippen LogP contribution in [0.2, 0.25) is 0 Å². The van der Waals surface area contributed by atoms with Gasteiger partial charge in [0.05, 0.1) is 12.5 Å². The van der Waals surface area contributed by atoms with Crippen molar-refractivity contribution in [3.63, 3.8) is 0 Å². The quantitative estimate of drug-likeness (QED) is 0.282. The minimum absolute atomic E-state index is 0.145. The Balaban J connectivity index is 2.99. The first-order valence-corrected chi connectivity index (χ1v) is 10.0. The van der Waals surface area contributed by atoms with Crippen molar-refractivity contribution in [2.24, 2.45) is 23.3 Å². The molecule has 0 radical (unpaired) electrons. The first kappa shape index (κ1) is 25.3. The number of nitrogens with two attached hydrogens (primary N) is 2. The molecule has 0 aliphatic carbocycles. The second-order valence-corrected chi connectivity index (χ2v) is 8.26. The van der Waals surface area contributed by atoms with Gasteiger partial charge in [0.1, 0.15) is 18.1 Å². The van der Waals surface area contributed by atoms with Crippen LogP contribution in [0.4, 0.5) is 0 Å². The molecule has 0 saturated carbocycles. The maximum Gasteiger partial charge on any atom is 0.326 e. The van der Waals surface area contributed by atoms with E-state index < -0.39 is 60.2 Å². The van der Waals surface area contributed by atoms with Crippen LogP contribution in [0, 0.1) is 11.8 Å². The molecule has 0 spiro atoms. The third-order valence-corrected chi connectivity index (χ3v) is 5.11. The number of carbonyl (C=O) groups is 5. The van der Waals surface area contributed by atoms with E-state index in [1.54, 1.807) is 27.7 Å². The lowest BCUT2D eigenvalue weighted by molar-refractivity contribution is -0.149. The molecule has 1 rings (SSSR count). The normalized spacial score (nSPS) is 19.3. The molecular weight excluding hydrogens is 394 g/mol. The number of primary amides is 1. The summed E-state index contributed by atoms with van der Waals surface area (Å²) in [4.78, 5) is 62.0. The summed E-state index contributed by atoms with van der Waals surface area (Å²) in [6, 6.07) is -4.16. The Morgan fingerprint density at radius 1 is 1.03 bits per heavy atom. The van der Waals surface area contributed by atoms with Crippen molar-refractivity contribution in [1.82, 2.24) is 15.5 Å². The zero-order chi connectivity index (χ0) is 23.2. The lowest BCUT2D eigenvalue weighted by Gasteiger charge is -2.29. The molecule has 1 fully saturated rings. The van der Waals surface area contributed by atoms with E-state index in [0.29, 0.717) is 6.42 Å². The van der Waals surface area contributed by atoms with Crippen LogP contribution in [0.3, 0.4) is 0 Å². The van der Waals surface area contributed by atoms with Crippen molar-refractivity contribution >= 4 is 29.6 Å². The number of carboxylic acids is 1. The maximum atomic E-state index is 12.9. The van der Waals surface area contributed by atoms with Crippen molar-refractivity contribution in [1.29, 1.82) is 0 Å². The van der Waals surface area contributed by atoms with Gasteiger partial charge >= 0.3 is 5.97 Å². The number of rotatable bonds is 10. The average Bonchev–Trinajstić information content (AvgIpc) is 3.13. The SMILES string of the molecule is CC(C)C(N)C(=O)NC(C(=O)NC(CC(N)=O)C(=O)N1CCCC1C(=O)O)C(C)C. The van der Waals surface area contributed by atoms with E-state index in [2.05, 4.69) is 10.6 Å². The van der Waals surface area contributed by atoms with Crippen LogP contribution in [0.25, 0.3) is 0 Å². The largest absolute Gasteiger partial charge is 0.480 e. The summed E-state index contributed by atoms with van der Waals surface area (Å²) in [5, 5.41) is 14.3. The number of carbonyl (C=O) groups excluding carboxylic acids is 4. The smallest absolute Gasteiger partial charge is 0.326 e. The average molecular weight is 428 g/mol. The molecule has 0 aromatic carbocycles. The van der Waals surface area contributed by atoms with Crippen LogP contribution in [0.15, 0.2) is 0 Å². The number of nitrogens with zero attached hydrogens (tertiary/aromatic N) is 1.